The van der Waals surface area contributed by atoms with Gasteiger partial charge in [0.05, 0.1) is 0 Å². The smallest absolute Gasteiger partial charge is 0.331 e. The maximum Gasteiger partial charge on any atom is 0.331 e. The van der Waals surface area contributed by atoms with E-state index in [0.717, 1.165) is 23.2 Å². The number of carbonyl (C=O) groups excluding carboxylic acids is 2. The molecule has 6 nitrogen and oxygen atoms in total. The Kier molecular flexibility index (Phi) is 5.02. The molecule has 1 atom stereocenters. The third-order valence-corrected chi connectivity index (χ3v) is 4.77. The molecule has 6 heteroatoms. The molecule has 0 N–H and O–H groups in total. The van der Waals surface area contributed by atoms with Crippen LogP contribution in [0, 0.1) is 0 Å². The zero-order valence-corrected chi connectivity index (χ0v) is 15.6. The molecule has 2 aliphatic heterocycles. The molecule has 0 fully saturated rings. The number of anilines is 1. The molecule has 0 bridgehead atoms. The third-order valence-electron chi connectivity index (χ3n) is 4.77. The Hall–Kier alpha value is -3.28. The predicted octanol–water partition coefficient (Wildman–Crippen LogP) is 2.99. The second-order valence-corrected chi connectivity index (χ2v) is 6.68. The van der Waals surface area contributed by atoms with Crippen molar-refractivity contribution < 1.29 is 23.8 Å². The third kappa shape index (κ3) is 3.71. The van der Waals surface area contributed by atoms with Gasteiger partial charge in [-0.2, -0.15) is 0 Å². The van der Waals surface area contributed by atoms with Crippen LogP contribution in [0.1, 0.15) is 18.1 Å². The maximum absolute atomic E-state index is 12.7. The van der Waals surface area contributed by atoms with Crippen molar-refractivity contribution in [2.75, 3.05) is 24.7 Å². The van der Waals surface area contributed by atoms with E-state index in [4.69, 9.17) is 14.2 Å². The molecule has 0 radical (unpaired) electrons. The fraction of sp³-hybridized carbons (Fsp3) is 0.273. The summed E-state index contributed by atoms with van der Waals surface area (Å²) in [5.74, 6) is 0.559. The van der Waals surface area contributed by atoms with Gasteiger partial charge in [-0.15, -0.1) is 0 Å². The number of ether oxygens (including phenoxy) is 3. The molecule has 2 aliphatic rings. The van der Waals surface area contributed by atoms with Gasteiger partial charge in [-0.05, 0) is 48.7 Å². The van der Waals surface area contributed by atoms with Crippen LogP contribution in [0.2, 0.25) is 0 Å². The van der Waals surface area contributed by atoms with Gasteiger partial charge >= 0.3 is 5.97 Å². The Morgan fingerprint density at radius 3 is 2.75 bits per heavy atom. The molecular formula is C22H21NO5. The van der Waals surface area contributed by atoms with Crippen LogP contribution in [0.4, 0.5) is 5.69 Å². The van der Waals surface area contributed by atoms with E-state index in [9.17, 15) is 9.59 Å². The van der Waals surface area contributed by atoms with Crippen LogP contribution in [-0.2, 0) is 20.7 Å². The summed E-state index contributed by atoms with van der Waals surface area (Å²) in [6.45, 7) is 3.23. The fourth-order valence-corrected chi connectivity index (χ4v) is 3.38. The highest BCUT2D eigenvalue weighted by molar-refractivity contribution is 6.00. The van der Waals surface area contributed by atoms with E-state index in [1.807, 2.05) is 30.3 Å². The fourth-order valence-electron chi connectivity index (χ4n) is 3.38. The van der Waals surface area contributed by atoms with E-state index in [1.165, 1.54) is 6.08 Å². The molecule has 144 valence electrons. The average molecular weight is 379 g/mol. The number of esters is 1. The van der Waals surface area contributed by atoms with Crippen LogP contribution in [-0.4, -0.2) is 37.7 Å². The van der Waals surface area contributed by atoms with Crippen LogP contribution < -0.4 is 14.4 Å². The zero-order chi connectivity index (χ0) is 19.5. The number of fused-ring (bicyclic) bond motifs is 2. The Balaban J connectivity index is 1.37. The SMILES string of the molecule is C[C@@H](OC(=O)/C=C/c1ccc2c(c1)OCCO2)C(=O)N1CCc2ccccc21. The van der Waals surface area contributed by atoms with E-state index in [1.54, 1.807) is 30.0 Å². The van der Waals surface area contributed by atoms with Crippen molar-refractivity contribution in [1.29, 1.82) is 0 Å². The standard InChI is InChI=1S/C22H21NO5/c1-15(22(25)23-11-10-17-4-2-3-5-18(17)23)28-21(24)9-7-16-6-8-19-20(14-16)27-13-12-26-19/h2-9,14-15H,10-13H2,1H3/b9-7+/t15-/m1/s1. The molecule has 0 aromatic heterocycles. The first-order valence-corrected chi connectivity index (χ1v) is 9.29. The molecule has 0 aliphatic carbocycles. The Morgan fingerprint density at radius 1 is 1.11 bits per heavy atom. The molecule has 4 rings (SSSR count). The molecular weight excluding hydrogens is 358 g/mol. The number of nitrogens with zero attached hydrogens (tertiary/aromatic N) is 1. The van der Waals surface area contributed by atoms with Gasteiger partial charge in [0, 0.05) is 18.3 Å². The highest BCUT2D eigenvalue weighted by Gasteiger charge is 2.29. The van der Waals surface area contributed by atoms with Crippen LogP contribution in [0.5, 0.6) is 11.5 Å². The summed E-state index contributed by atoms with van der Waals surface area (Å²) in [4.78, 5) is 26.5. The van der Waals surface area contributed by atoms with Crippen molar-refractivity contribution in [2.24, 2.45) is 0 Å². The lowest BCUT2D eigenvalue weighted by molar-refractivity contribution is -0.149. The number of para-hydroxylation sites is 1. The second-order valence-electron chi connectivity index (χ2n) is 6.68. The first kappa shape index (κ1) is 18.1. The maximum atomic E-state index is 12.7. The number of hydrogen-bond donors (Lipinski definition) is 0. The number of rotatable bonds is 4. The van der Waals surface area contributed by atoms with E-state index >= 15 is 0 Å². The summed E-state index contributed by atoms with van der Waals surface area (Å²) < 4.78 is 16.3. The second kappa shape index (κ2) is 7.76. The summed E-state index contributed by atoms with van der Waals surface area (Å²) >= 11 is 0. The van der Waals surface area contributed by atoms with Gasteiger partial charge < -0.3 is 19.1 Å². The molecule has 0 spiro atoms. The number of amides is 1. The van der Waals surface area contributed by atoms with Crippen LogP contribution >= 0.6 is 0 Å². The summed E-state index contributed by atoms with van der Waals surface area (Å²) in [5.41, 5.74) is 2.81. The number of carbonyl (C=O) groups is 2. The van der Waals surface area contributed by atoms with Gasteiger partial charge in [0.1, 0.15) is 13.2 Å². The monoisotopic (exact) mass is 379 g/mol. The molecule has 1 amide bonds. The van der Waals surface area contributed by atoms with Crippen molar-refractivity contribution >= 4 is 23.6 Å². The van der Waals surface area contributed by atoms with Crippen molar-refractivity contribution in [1.82, 2.24) is 0 Å². The highest BCUT2D eigenvalue weighted by Crippen LogP contribution is 2.31. The molecule has 2 aromatic rings. The Bertz CT molecular complexity index is 936. The topological polar surface area (TPSA) is 65.1 Å². The van der Waals surface area contributed by atoms with Gasteiger partial charge in [-0.25, -0.2) is 4.79 Å². The molecule has 2 aromatic carbocycles. The lowest BCUT2D eigenvalue weighted by atomic mass is 10.2. The minimum atomic E-state index is -0.858. The molecule has 2 heterocycles. The first-order valence-electron chi connectivity index (χ1n) is 9.29. The number of benzene rings is 2. The lowest BCUT2D eigenvalue weighted by Gasteiger charge is -2.21. The summed E-state index contributed by atoms with van der Waals surface area (Å²) in [6.07, 6.45) is 2.89. The Morgan fingerprint density at radius 2 is 1.89 bits per heavy atom. The van der Waals surface area contributed by atoms with Gasteiger partial charge in [0.2, 0.25) is 0 Å². The van der Waals surface area contributed by atoms with Crippen LogP contribution in [0.15, 0.2) is 48.5 Å². The summed E-state index contributed by atoms with van der Waals surface area (Å²) in [5, 5.41) is 0. The van der Waals surface area contributed by atoms with Crippen LogP contribution in [0.3, 0.4) is 0 Å². The zero-order valence-electron chi connectivity index (χ0n) is 15.6. The van der Waals surface area contributed by atoms with Gasteiger partial charge in [0.25, 0.3) is 5.91 Å². The van der Waals surface area contributed by atoms with Crippen molar-refractivity contribution in [3.05, 3.63) is 59.7 Å². The van der Waals surface area contributed by atoms with Gasteiger partial charge in [-0.3, -0.25) is 4.79 Å². The molecule has 28 heavy (non-hydrogen) atoms. The quantitative estimate of drug-likeness (QED) is 0.604. The van der Waals surface area contributed by atoms with E-state index < -0.39 is 12.1 Å². The van der Waals surface area contributed by atoms with Crippen molar-refractivity contribution in [3.63, 3.8) is 0 Å². The first-order chi connectivity index (χ1) is 13.6. The summed E-state index contributed by atoms with van der Waals surface area (Å²) in [7, 11) is 0. The van der Waals surface area contributed by atoms with Crippen molar-refractivity contribution in [3.8, 4) is 11.5 Å². The summed E-state index contributed by atoms with van der Waals surface area (Å²) in [6, 6.07) is 13.2. The Labute approximate surface area is 163 Å². The van der Waals surface area contributed by atoms with Crippen molar-refractivity contribution in [2.45, 2.75) is 19.4 Å². The van der Waals surface area contributed by atoms with Gasteiger partial charge in [-0.1, -0.05) is 24.3 Å². The minimum absolute atomic E-state index is 0.217. The van der Waals surface area contributed by atoms with Crippen LogP contribution in [0.25, 0.3) is 6.08 Å². The molecule has 0 unspecified atom stereocenters. The van der Waals surface area contributed by atoms with E-state index in [-0.39, 0.29) is 5.91 Å². The largest absolute Gasteiger partial charge is 0.486 e. The lowest BCUT2D eigenvalue weighted by Crippen LogP contribution is -2.38. The van der Waals surface area contributed by atoms with E-state index in [0.29, 0.717) is 31.3 Å². The minimum Gasteiger partial charge on any atom is -0.486 e. The predicted molar refractivity (Wildman–Crippen MR) is 105 cm³/mol. The molecule has 0 saturated heterocycles. The normalized spacial score (nSPS) is 16.0. The number of hydrogen-bond acceptors (Lipinski definition) is 5. The average Bonchev–Trinajstić information content (AvgIpc) is 3.15. The highest BCUT2D eigenvalue weighted by atomic mass is 16.6. The molecule has 0 saturated carbocycles. The van der Waals surface area contributed by atoms with Gasteiger partial charge in [0.15, 0.2) is 17.6 Å². The van der Waals surface area contributed by atoms with E-state index in [2.05, 4.69) is 0 Å².